The van der Waals surface area contributed by atoms with Crippen molar-refractivity contribution in [2.24, 2.45) is 11.1 Å². The van der Waals surface area contributed by atoms with Gasteiger partial charge in [0.05, 0.1) is 11.3 Å². The molecule has 1 saturated heterocycles. The first kappa shape index (κ1) is 18.9. The summed E-state index contributed by atoms with van der Waals surface area (Å²) in [5.41, 5.74) is 1.63. The highest BCUT2D eigenvalue weighted by molar-refractivity contribution is 5.89. The fraction of sp³-hybridized carbons (Fsp3) is 0.650. The van der Waals surface area contributed by atoms with E-state index in [-0.39, 0.29) is 23.1 Å². The average molecular weight is 332 g/mol. The second kappa shape index (κ2) is 7.24. The molecule has 1 aliphatic rings. The number of rotatable bonds is 5. The van der Waals surface area contributed by atoms with Crippen LogP contribution in [0.5, 0.6) is 0 Å². The molecule has 2 atom stereocenters. The summed E-state index contributed by atoms with van der Waals surface area (Å²) in [6.07, 6.45) is 2.56. The average Bonchev–Trinajstić information content (AvgIpc) is 2.59. The van der Waals surface area contributed by atoms with Crippen LogP contribution >= 0.6 is 0 Å². The molecule has 0 spiro atoms. The normalized spacial score (nSPS) is 26.4. The molecule has 1 N–H and O–H groups in total. The van der Waals surface area contributed by atoms with Crippen LogP contribution < -0.4 is 0 Å². The van der Waals surface area contributed by atoms with Crippen molar-refractivity contribution in [3.63, 3.8) is 0 Å². The van der Waals surface area contributed by atoms with E-state index in [0.717, 1.165) is 18.6 Å². The number of hydrogen-bond acceptors (Lipinski definition) is 4. The van der Waals surface area contributed by atoms with Crippen LogP contribution in [0.2, 0.25) is 0 Å². The maximum Gasteiger partial charge on any atom is 0.102 e. The van der Waals surface area contributed by atoms with Crippen LogP contribution in [0.3, 0.4) is 0 Å². The molecule has 134 valence electrons. The molecule has 0 aromatic heterocycles. The Morgan fingerprint density at radius 1 is 1.25 bits per heavy atom. The lowest BCUT2D eigenvalue weighted by Crippen LogP contribution is -2.66. The van der Waals surface area contributed by atoms with E-state index in [4.69, 9.17) is 4.84 Å². The molecule has 1 aromatic rings. The van der Waals surface area contributed by atoms with E-state index in [1.165, 1.54) is 5.56 Å². The highest BCUT2D eigenvalue weighted by Crippen LogP contribution is 2.46. The minimum absolute atomic E-state index is 0.0252. The predicted octanol–water partition coefficient (Wildman–Crippen LogP) is 5.19. The molecular weight excluding hydrogens is 300 g/mol. The van der Waals surface area contributed by atoms with Gasteiger partial charge in [-0.25, -0.2) is 0 Å². The van der Waals surface area contributed by atoms with Crippen molar-refractivity contribution < 1.29 is 10.0 Å². The van der Waals surface area contributed by atoms with Crippen molar-refractivity contribution in [1.82, 2.24) is 5.06 Å². The molecule has 1 heterocycles. The molecule has 0 bridgehead atoms. The van der Waals surface area contributed by atoms with Crippen LogP contribution in [0, 0.1) is 5.92 Å². The summed E-state index contributed by atoms with van der Waals surface area (Å²) in [6, 6.07) is 10.3. The van der Waals surface area contributed by atoms with Gasteiger partial charge in [-0.2, -0.15) is 5.06 Å². The second-order valence-electron chi connectivity index (χ2n) is 7.57. The van der Waals surface area contributed by atoms with Gasteiger partial charge in [-0.15, -0.1) is 0 Å². The Morgan fingerprint density at radius 2 is 1.83 bits per heavy atom. The quantitative estimate of drug-likeness (QED) is 0.596. The lowest BCUT2D eigenvalue weighted by molar-refractivity contribution is -0.310. The molecule has 2 rings (SSSR count). The molecule has 2 unspecified atom stereocenters. The zero-order valence-corrected chi connectivity index (χ0v) is 15.9. The van der Waals surface area contributed by atoms with Gasteiger partial charge in [-0.05, 0) is 39.2 Å². The maximum atomic E-state index is 9.49. The minimum atomic E-state index is -0.233. The van der Waals surface area contributed by atoms with Crippen LogP contribution in [-0.4, -0.2) is 27.1 Å². The van der Waals surface area contributed by atoms with E-state index in [9.17, 15) is 5.21 Å². The van der Waals surface area contributed by atoms with Crippen molar-refractivity contribution in [3.05, 3.63) is 35.9 Å². The van der Waals surface area contributed by atoms with E-state index in [1.807, 2.05) is 18.2 Å². The van der Waals surface area contributed by atoms with Gasteiger partial charge in [-0.3, -0.25) is 4.84 Å². The third-order valence-corrected chi connectivity index (χ3v) is 5.76. The minimum Gasteiger partial charge on any atom is -0.411 e. The topological polar surface area (TPSA) is 45.1 Å². The highest BCUT2D eigenvalue weighted by atomic mass is 16.7. The van der Waals surface area contributed by atoms with Crippen LogP contribution in [-0.2, 0) is 4.84 Å². The standard InChI is InChI=1S/C20H32N2O2/c1-7-20(8-2)15(3)18(21-23)14-19(5,6)22(20)24-16(4)17-12-10-9-11-13-17/h9-13,15-16,23H,7-8,14H2,1-6H3/b21-18-. The Kier molecular flexibility index (Phi) is 5.71. The molecule has 4 heteroatoms. The molecule has 0 aliphatic carbocycles. The van der Waals surface area contributed by atoms with Crippen LogP contribution in [0.15, 0.2) is 35.5 Å². The molecule has 1 aliphatic heterocycles. The number of hydroxylamine groups is 2. The molecule has 1 aromatic carbocycles. The lowest BCUT2D eigenvalue weighted by atomic mass is 9.69. The van der Waals surface area contributed by atoms with Gasteiger partial charge in [0.2, 0.25) is 0 Å². The molecule has 0 saturated carbocycles. The van der Waals surface area contributed by atoms with Gasteiger partial charge < -0.3 is 5.21 Å². The number of piperidine rings is 1. The van der Waals surface area contributed by atoms with Crippen LogP contribution in [0.4, 0.5) is 0 Å². The summed E-state index contributed by atoms with van der Waals surface area (Å²) in [4.78, 5) is 6.55. The fourth-order valence-corrected chi connectivity index (χ4v) is 4.22. The van der Waals surface area contributed by atoms with E-state index in [0.29, 0.717) is 6.42 Å². The summed E-state index contributed by atoms with van der Waals surface area (Å²) >= 11 is 0. The first-order chi connectivity index (χ1) is 11.3. The van der Waals surface area contributed by atoms with Gasteiger partial charge >= 0.3 is 0 Å². The SMILES string of the molecule is CCC1(CC)C(C)/C(=N\O)CC(C)(C)N1OC(C)c1ccccc1. The highest BCUT2D eigenvalue weighted by Gasteiger charge is 2.53. The van der Waals surface area contributed by atoms with E-state index >= 15 is 0 Å². The molecule has 0 radical (unpaired) electrons. The Hall–Kier alpha value is -1.39. The number of oxime groups is 1. The summed E-state index contributed by atoms with van der Waals surface area (Å²) in [5, 5.41) is 15.3. The van der Waals surface area contributed by atoms with Crippen molar-refractivity contribution in [3.8, 4) is 0 Å². The maximum absolute atomic E-state index is 9.49. The summed E-state index contributed by atoms with van der Waals surface area (Å²) in [6.45, 7) is 13.0. The summed E-state index contributed by atoms with van der Waals surface area (Å²) < 4.78 is 0. The second-order valence-corrected chi connectivity index (χ2v) is 7.57. The molecule has 4 nitrogen and oxygen atoms in total. The van der Waals surface area contributed by atoms with Crippen molar-refractivity contribution >= 4 is 5.71 Å². The van der Waals surface area contributed by atoms with Crippen molar-refractivity contribution in [1.29, 1.82) is 0 Å². The smallest absolute Gasteiger partial charge is 0.102 e. The Labute approximate surface area is 146 Å². The molecule has 0 amide bonds. The fourth-order valence-electron chi connectivity index (χ4n) is 4.22. The Balaban J connectivity index is 2.39. The predicted molar refractivity (Wildman–Crippen MR) is 98.2 cm³/mol. The van der Waals surface area contributed by atoms with Gasteiger partial charge in [0.15, 0.2) is 0 Å². The number of nitrogens with zero attached hydrogens (tertiary/aromatic N) is 2. The number of benzene rings is 1. The lowest BCUT2D eigenvalue weighted by Gasteiger charge is -2.57. The van der Waals surface area contributed by atoms with Crippen molar-refractivity contribution in [2.45, 2.75) is 78.0 Å². The number of hydrogen-bond donors (Lipinski definition) is 1. The monoisotopic (exact) mass is 332 g/mol. The Morgan fingerprint density at radius 3 is 2.33 bits per heavy atom. The van der Waals surface area contributed by atoms with E-state index < -0.39 is 0 Å². The largest absolute Gasteiger partial charge is 0.411 e. The zero-order valence-electron chi connectivity index (χ0n) is 15.9. The summed E-state index contributed by atoms with van der Waals surface area (Å²) in [7, 11) is 0. The van der Waals surface area contributed by atoms with Gasteiger partial charge in [0, 0.05) is 17.9 Å². The molecule has 1 fully saturated rings. The van der Waals surface area contributed by atoms with E-state index in [2.05, 4.69) is 63.9 Å². The van der Waals surface area contributed by atoms with E-state index in [1.54, 1.807) is 0 Å². The van der Waals surface area contributed by atoms with Gasteiger partial charge in [0.1, 0.15) is 6.10 Å². The third kappa shape index (κ3) is 3.22. The molecular formula is C20H32N2O2. The van der Waals surface area contributed by atoms with Crippen LogP contribution in [0.25, 0.3) is 0 Å². The molecule has 24 heavy (non-hydrogen) atoms. The van der Waals surface area contributed by atoms with Crippen molar-refractivity contribution in [2.75, 3.05) is 0 Å². The Bertz CT molecular complexity index is 564. The summed E-state index contributed by atoms with van der Waals surface area (Å²) in [5.74, 6) is 0.147. The first-order valence-electron chi connectivity index (χ1n) is 9.05. The van der Waals surface area contributed by atoms with Gasteiger partial charge in [-0.1, -0.05) is 56.3 Å². The zero-order chi connectivity index (χ0) is 18.0. The van der Waals surface area contributed by atoms with Gasteiger partial charge in [0.25, 0.3) is 0 Å². The third-order valence-electron chi connectivity index (χ3n) is 5.76. The first-order valence-corrected chi connectivity index (χ1v) is 9.05. The van der Waals surface area contributed by atoms with Crippen LogP contribution in [0.1, 0.15) is 72.5 Å².